The largest absolute Gasteiger partial charge is 0.380 e. The van der Waals surface area contributed by atoms with Gasteiger partial charge in [-0.05, 0) is 11.6 Å². The van der Waals surface area contributed by atoms with Crippen molar-refractivity contribution in [2.45, 2.75) is 6.61 Å². The summed E-state index contributed by atoms with van der Waals surface area (Å²) in [5.74, 6) is 0. The molecule has 0 atom stereocenters. The lowest BCUT2D eigenvalue weighted by molar-refractivity contribution is 0.185. The number of hydrogen-bond acceptors (Lipinski definition) is 2. The van der Waals surface area contributed by atoms with Gasteiger partial charge in [0.05, 0.1) is 6.61 Å². The van der Waals surface area contributed by atoms with E-state index in [9.17, 15) is 4.79 Å². The summed E-state index contributed by atoms with van der Waals surface area (Å²) in [6.07, 6.45) is 0. The fourth-order valence-corrected chi connectivity index (χ4v) is 1.05. The Hall–Kier alpha value is -0.800. The summed E-state index contributed by atoms with van der Waals surface area (Å²) < 4.78 is 4.83. The highest BCUT2D eigenvalue weighted by Crippen LogP contribution is 2.04. The average molecular weight is 174 g/mol. The van der Waals surface area contributed by atoms with Crippen molar-refractivity contribution in [2.24, 2.45) is 0 Å². The first-order valence-electron chi connectivity index (χ1n) is 3.10. The molecule has 0 fully saturated rings. The van der Waals surface area contributed by atoms with Gasteiger partial charge in [-0.3, -0.25) is 4.79 Å². The van der Waals surface area contributed by atoms with Gasteiger partial charge in [0.1, 0.15) is 5.15 Å². The second-order valence-corrected chi connectivity index (χ2v) is 2.54. The summed E-state index contributed by atoms with van der Waals surface area (Å²) in [6, 6.07) is 3.11. The highest BCUT2D eigenvalue weighted by molar-refractivity contribution is 6.29. The van der Waals surface area contributed by atoms with E-state index in [0.717, 1.165) is 5.56 Å². The van der Waals surface area contributed by atoms with Crippen LogP contribution in [-0.2, 0) is 11.3 Å². The van der Waals surface area contributed by atoms with Crippen molar-refractivity contribution in [1.82, 2.24) is 4.98 Å². The minimum Gasteiger partial charge on any atom is -0.380 e. The van der Waals surface area contributed by atoms with Crippen molar-refractivity contribution >= 4 is 11.6 Å². The maximum Gasteiger partial charge on any atom is 0.249 e. The predicted molar refractivity (Wildman–Crippen MR) is 42.8 cm³/mol. The second kappa shape index (κ2) is 3.55. The van der Waals surface area contributed by atoms with Gasteiger partial charge in [0.25, 0.3) is 0 Å². The molecular weight excluding hydrogens is 166 g/mol. The lowest BCUT2D eigenvalue weighted by atomic mass is 10.3. The summed E-state index contributed by atoms with van der Waals surface area (Å²) in [4.78, 5) is 13.2. The molecule has 0 saturated heterocycles. The molecule has 0 bridgehead atoms. The number of ether oxygens (including phenoxy) is 1. The number of H-pyrrole nitrogens is 1. The first-order valence-corrected chi connectivity index (χ1v) is 3.48. The van der Waals surface area contributed by atoms with Crippen LogP contribution in [0, 0.1) is 0 Å². The molecule has 0 aliphatic heterocycles. The van der Waals surface area contributed by atoms with Crippen molar-refractivity contribution < 1.29 is 4.74 Å². The third-order valence-electron chi connectivity index (χ3n) is 1.18. The fraction of sp³-hybridized carbons (Fsp3) is 0.286. The number of pyridine rings is 1. The zero-order chi connectivity index (χ0) is 8.27. The molecule has 1 aromatic rings. The molecule has 0 aliphatic carbocycles. The van der Waals surface area contributed by atoms with E-state index in [1.165, 1.54) is 6.07 Å². The Balaban J connectivity index is 2.99. The molecule has 1 heterocycles. The maximum atomic E-state index is 10.8. The van der Waals surface area contributed by atoms with Gasteiger partial charge in [-0.25, -0.2) is 0 Å². The molecule has 11 heavy (non-hydrogen) atoms. The van der Waals surface area contributed by atoms with Crippen LogP contribution in [0.3, 0.4) is 0 Å². The van der Waals surface area contributed by atoms with Gasteiger partial charge in [-0.2, -0.15) is 0 Å². The van der Waals surface area contributed by atoms with Crippen LogP contribution in [0.25, 0.3) is 0 Å². The van der Waals surface area contributed by atoms with Gasteiger partial charge in [0, 0.05) is 13.2 Å². The molecule has 0 amide bonds. The van der Waals surface area contributed by atoms with Crippen molar-refractivity contribution in [3.8, 4) is 0 Å². The molecule has 0 aromatic carbocycles. The van der Waals surface area contributed by atoms with E-state index in [1.807, 2.05) is 0 Å². The molecule has 0 saturated carbocycles. The second-order valence-electron chi connectivity index (χ2n) is 2.13. The molecule has 0 radical (unpaired) electrons. The topological polar surface area (TPSA) is 42.1 Å². The van der Waals surface area contributed by atoms with E-state index < -0.39 is 0 Å². The van der Waals surface area contributed by atoms with Crippen LogP contribution in [0.5, 0.6) is 0 Å². The van der Waals surface area contributed by atoms with Crippen molar-refractivity contribution in [2.75, 3.05) is 7.11 Å². The Labute approximate surface area is 69.0 Å². The molecular formula is C7H8ClNO2. The van der Waals surface area contributed by atoms with Crippen LogP contribution in [0.1, 0.15) is 5.56 Å². The minimum absolute atomic E-state index is 0.204. The molecule has 1 rings (SSSR count). The van der Waals surface area contributed by atoms with Crippen LogP contribution in [0.4, 0.5) is 0 Å². The third-order valence-corrected chi connectivity index (χ3v) is 1.39. The number of aromatic amines is 1. The van der Waals surface area contributed by atoms with Gasteiger partial charge in [0.15, 0.2) is 0 Å². The summed E-state index contributed by atoms with van der Waals surface area (Å²) in [5, 5.41) is 0.338. The molecule has 1 N–H and O–H groups in total. The van der Waals surface area contributed by atoms with E-state index in [2.05, 4.69) is 4.98 Å². The Kier molecular flexibility index (Phi) is 2.68. The van der Waals surface area contributed by atoms with Gasteiger partial charge >= 0.3 is 0 Å². The van der Waals surface area contributed by atoms with Crippen LogP contribution >= 0.6 is 11.6 Å². The van der Waals surface area contributed by atoms with Gasteiger partial charge < -0.3 is 9.72 Å². The molecule has 0 unspecified atom stereocenters. The van der Waals surface area contributed by atoms with E-state index in [4.69, 9.17) is 16.3 Å². The Morgan fingerprint density at radius 3 is 2.91 bits per heavy atom. The lowest BCUT2D eigenvalue weighted by Gasteiger charge is -1.97. The normalized spacial score (nSPS) is 10.0. The lowest BCUT2D eigenvalue weighted by Crippen LogP contribution is -2.05. The Bertz CT molecular complexity index is 295. The summed E-state index contributed by atoms with van der Waals surface area (Å²) in [6.45, 7) is 0.406. The predicted octanol–water partition coefficient (Wildman–Crippen LogP) is 1.17. The average Bonchev–Trinajstić information content (AvgIpc) is 1.85. The van der Waals surface area contributed by atoms with Crippen LogP contribution in [0.15, 0.2) is 16.9 Å². The summed E-state index contributed by atoms with van der Waals surface area (Å²) >= 11 is 5.57. The standard InChI is InChI=1S/C7H8ClNO2/c1-11-4-5-2-6(8)9-7(10)3-5/h2-3H,4H2,1H3,(H,9,10). The smallest absolute Gasteiger partial charge is 0.249 e. The molecule has 1 aromatic heterocycles. The Morgan fingerprint density at radius 1 is 1.64 bits per heavy atom. The SMILES string of the molecule is COCc1cc(Cl)[nH]c(=O)c1. The monoisotopic (exact) mass is 173 g/mol. The van der Waals surface area contributed by atoms with Gasteiger partial charge in [-0.15, -0.1) is 0 Å². The van der Waals surface area contributed by atoms with E-state index >= 15 is 0 Å². The number of methoxy groups -OCH3 is 1. The number of halogens is 1. The zero-order valence-corrected chi connectivity index (χ0v) is 6.81. The highest BCUT2D eigenvalue weighted by Gasteiger charge is 1.95. The summed E-state index contributed by atoms with van der Waals surface area (Å²) in [7, 11) is 1.56. The van der Waals surface area contributed by atoms with E-state index in [1.54, 1.807) is 13.2 Å². The fourth-order valence-electron chi connectivity index (χ4n) is 0.813. The van der Waals surface area contributed by atoms with Crippen LogP contribution in [0.2, 0.25) is 5.15 Å². The van der Waals surface area contributed by atoms with Crippen molar-refractivity contribution in [1.29, 1.82) is 0 Å². The number of nitrogens with one attached hydrogen (secondary N) is 1. The quantitative estimate of drug-likeness (QED) is 0.683. The van der Waals surface area contributed by atoms with Crippen LogP contribution in [-0.4, -0.2) is 12.1 Å². The first-order chi connectivity index (χ1) is 5.22. The van der Waals surface area contributed by atoms with Gasteiger partial charge in [0.2, 0.25) is 5.56 Å². The number of aromatic nitrogens is 1. The molecule has 0 spiro atoms. The molecule has 4 heteroatoms. The van der Waals surface area contributed by atoms with E-state index in [0.29, 0.717) is 11.8 Å². The highest BCUT2D eigenvalue weighted by atomic mass is 35.5. The molecule has 60 valence electrons. The van der Waals surface area contributed by atoms with Crippen molar-refractivity contribution in [3.63, 3.8) is 0 Å². The third kappa shape index (κ3) is 2.37. The van der Waals surface area contributed by atoms with Crippen molar-refractivity contribution in [3.05, 3.63) is 33.2 Å². The van der Waals surface area contributed by atoms with Crippen LogP contribution < -0.4 is 5.56 Å². The molecule has 3 nitrogen and oxygen atoms in total. The summed E-state index contributed by atoms with van der Waals surface area (Å²) in [5.41, 5.74) is 0.575. The minimum atomic E-state index is -0.204. The Morgan fingerprint density at radius 2 is 2.36 bits per heavy atom. The van der Waals surface area contributed by atoms with Gasteiger partial charge in [-0.1, -0.05) is 11.6 Å². The van der Waals surface area contributed by atoms with E-state index in [-0.39, 0.29) is 5.56 Å². The zero-order valence-electron chi connectivity index (χ0n) is 6.06. The molecule has 0 aliphatic rings. The first kappa shape index (κ1) is 8.30. The number of hydrogen-bond donors (Lipinski definition) is 1. The maximum absolute atomic E-state index is 10.8. The number of rotatable bonds is 2.